The number of hydrogen-bond donors (Lipinski definition) is 1. The maximum absolute atomic E-state index is 13.6. The first-order valence-electron chi connectivity index (χ1n) is 9.16. The number of rotatable bonds is 5. The van der Waals surface area contributed by atoms with Crippen molar-refractivity contribution in [3.8, 4) is 0 Å². The highest BCUT2D eigenvalue weighted by atomic mass is 32.2. The molecule has 0 aliphatic carbocycles. The Morgan fingerprint density at radius 3 is 2.21 bits per heavy atom. The van der Waals surface area contributed by atoms with E-state index in [1.807, 2.05) is 0 Å². The van der Waals surface area contributed by atoms with Crippen LogP contribution in [0.3, 0.4) is 0 Å². The highest BCUT2D eigenvalue weighted by Gasteiger charge is 2.29. The van der Waals surface area contributed by atoms with Gasteiger partial charge in [-0.25, -0.2) is 12.8 Å². The summed E-state index contributed by atoms with van der Waals surface area (Å²) in [6.45, 7) is 2.65. The number of amides is 2. The Kier molecular flexibility index (Phi) is 6.29. The largest absolute Gasteiger partial charge is 0.348 e. The average molecular weight is 419 g/mol. The van der Waals surface area contributed by atoms with Gasteiger partial charge in [-0.05, 0) is 30.3 Å². The molecule has 29 heavy (non-hydrogen) atoms. The van der Waals surface area contributed by atoms with Crippen molar-refractivity contribution in [3.63, 3.8) is 0 Å². The van der Waals surface area contributed by atoms with Crippen LogP contribution in [-0.4, -0.2) is 55.6 Å². The number of nitrogens with one attached hydrogen (secondary N) is 1. The lowest BCUT2D eigenvalue weighted by atomic mass is 10.2. The molecule has 0 saturated carbocycles. The summed E-state index contributed by atoms with van der Waals surface area (Å²) in [5, 5.41) is 2.62. The SMILES string of the molecule is CC(=O)N1CCN(S(=O)(=O)c2ccc(C(=O)NCc3ccccc3F)cc2)CC1. The summed E-state index contributed by atoms with van der Waals surface area (Å²) < 4.78 is 40.5. The zero-order valence-corrected chi connectivity index (χ0v) is 16.8. The summed E-state index contributed by atoms with van der Waals surface area (Å²) in [6.07, 6.45) is 0. The van der Waals surface area contributed by atoms with Crippen LogP contribution in [0.25, 0.3) is 0 Å². The minimum absolute atomic E-state index is 0.0337. The van der Waals surface area contributed by atoms with Crippen molar-refractivity contribution in [2.24, 2.45) is 0 Å². The third-order valence-electron chi connectivity index (χ3n) is 4.84. The molecule has 1 heterocycles. The van der Waals surface area contributed by atoms with Gasteiger partial charge in [0.05, 0.1) is 4.90 Å². The summed E-state index contributed by atoms with van der Waals surface area (Å²) >= 11 is 0. The van der Waals surface area contributed by atoms with Crippen molar-refractivity contribution in [2.45, 2.75) is 18.4 Å². The molecule has 0 unspecified atom stereocenters. The van der Waals surface area contributed by atoms with Crippen LogP contribution >= 0.6 is 0 Å². The summed E-state index contributed by atoms with van der Waals surface area (Å²) in [6, 6.07) is 11.8. The Bertz CT molecular complexity index is 1000. The Hall–Kier alpha value is -2.78. The number of nitrogens with zero attached hydrogens (tertiary/aromatic N) is 2. The minimum Gasteiger partial charge on any atom is -0.348 e. The van der Waals surface area contributed by atoms with Crippen LogP contribution in [0.15, 0.2) is 53.4 Å². The summed E-state index contributed by atoms with van der Waals surface area (Å²) in [4.78, 5) is 25.3. The first-order chi connectivity index (χ1) is 13.8. The van der Waals surface area contributed by atoms with Crippen molar-refractivity contribution in [2.75, 3.05) is 26.2 Å². The van der Waals surface area contributed by atoms with Gasteiger partial charge in [-0.1, -0.05) is 18.2 Å². The van der Waals surface area contributed by atoms with E-state index in [9.17, 15) is 22.4 Å². The number of carbonyl (C=O) groups excluding carboxylic acids is 2. The van der Waals surface area contributed by atoms with Crippen LogP contribution in [0.1, 0.15) is 22.8 Å². The maximum atomic E-state index is 13.6. The molecule has 0 bridgehead atoms. The van der Waals surface area contributed by atoms with Gasteiger partial charge < -0.3 is 10.2 Å². The van der Waals surface area contributed by atoms with Crippen LogP contribution in [-0.2, 0) is 21.4 Å². The highest BCUT2D eigenvalue weighted by molar-refractivity contribution is 7.89. The Morgan fingerprint density at radius 2 is 1.62 bits per heavy atom. The number of hydrogen-bond acceptors (Lipinski definition) is 4. The third-order valence-corrected chi connectivity index (χ3v) is 6.75. The Morgan fingerprint density at radius 1 is 1.00 bits per heavy atom. The number of halogens is 1. The summed E-state index contributed by atoms with van der Waals surface area (Å²) in [5.41, 5.74) is 0.645. The normalized spacial score (nSPS) is 15.2. The molecule has 0 aromatic heterocycles. The van der Waals surface area contributed by atoms with Crippen molar-refractivity contribution in [3.05, 3.63) is 65.5 Å². The monoisotopic (exact) mass is 419 g/mol. The molecule has 2 amide bonds. The van der Waals surface area contributed by atoms with Crippen molar-refractivity contribution in [1.82, 2.24) is 14.5 Å². The predicted molar refractivity (Wildman–Crippen MR) is 105 cm³/mol. The van der Waals surface area contributed by atoms with E-state index in [2.05, 4.69) is 5.32 Å². The fourth-order valence-corrected chi connectivity index (χ4v) is 4.51. The third kappa shape index (κ3) is 4.80. The zero-order chi connectivity index (χ0) is 21.0. The van der Waals surface area contributed by atoms with Crippen molar-refractivity contribution >= 4 is 21.8 Å². The summed E-state index contributed by atoms with van der Waals surface area (Å²) in [5.74, 6) is -0.904. The fraction of sp³-hybridized carbons (Fsp3) is 0.300. The van der Waals surface area contributed by atoms with Crippen LogP contribution in [0.4, 0.5) is 4.39 Å². The number of sulfonamides is 1. The van der Waals surface area contributed by atoms with Gasteiger partial charge in [0.1, 0.15) is 5.82 Å². The number of carbonyl (C=O) groups is 2. The molecule has 2 aromatic carbocycles. The van der Waals surface area contributed by atoms with E-state index in [0.717, 1.165) is 0 Å². The molecule has 2 aromatic rings. The van der Waals surface area contributed by atoms with E-state index < -0.39 is 21.7 Å². The fourth-order valence-electron chi connectivity index (χ4n) is 3.09. The van der Waals surface area contributed by atoms with E-state index >= 15 is 0 Å². The molecular formula is C20H22FN3O4S. The molecule has 154 valence electrons. The first-order valence-corrected chi connectivity index (χ1v) is 10.6. The molecule has 1 aliphatic heterocycles. The lowest BCUT2D eigenvalue weighted by Gasteiger charge is -2.33. The molecule has 1 aliphatic rings. The van der Waals surface area contributed by atoms with Gasteiger partial charge in [-0.15, -0.1) is 0 Å². The van der Waals surface area contributed by atoms with Crippen LogP contribution in [0.2, 0.25) is 0 Å². The van der Waals surface area contributed by atoms with Crippen LogP contribution in [0, 0.1) is 5.82 Å². The second kappa shape index (κ2) is 8.71. The molecule has 7 nitrogen and oxygen atoms in total. The van der Waals surface area contributed by atoms with Gasteiger partial charge in [0.15, 0.2) is 0 Å². The van der Waals surface area contributed by atoms with Gasteiger partial charge in [0.2, 0.25) is 15.9 Å². The number of benzene rings is 2. The van der Waals surface area contributed by atoms with Gasteiger partial charge in [0.25, 0.3) is 5.91 Å². The van der Waals surface area contributed by atoms with E-state index in [1.165, 1.54) is 41.6 Å². The lowest BCUT2D eigenvalue weighted by molar-refractivity contribution is -0.129. The van der Waals surface area contributed by atoms with Gasteiger partial charge in [-0.2, -0.15) is 4.31 Å². The Labute approximate surface area is 169 Å². The second-order valence-electron chi connectivity index (χ2n) is 6.71. The highest BCUT2D eigenvalue weighted by Crippen LogP contribution is 2.18. The summed E-state index contributed by atoms with van der Waals surface area (Å²) in [7, 11) is -3.70. The van der Waals surface area contributed by atoms with Gasteiger partial charge >= 0.3 is 0 Å². The molecule has 0 atom stereocenters. The molecule has 1 fully saturated rings. The zero-order valence-electron chi connectivity index (χ0n) is 16.0. The quantitative estimate of drug-likeness (QED) is 0.798. The van der Waals surface area contributed by atoms with Crippen LogP contribution < -0.4 is 5.32 Å². The molecule has 1 saturated heterocycles. The first kappa shape index (κ1) is 20.9. The van der Waals surface area contributed by atoms with E-state index in [-0.39, 0.29) is 36.0 Å². The standard InChI is InChI=1S/C20H22FN3O4S/c1-15(25)23-10-12-24(13-11-23)29(27,28)18-8-6-16(7-9-18)20(26)22-14-17-4-2-3-5-19(17)21/h2-9H,10-14H2,1H3,(H,22,26). The van der Waals surface area contributed by atoms with E-state index in [1.54, 1.807) is 23.1 Å². The Balaban J connectivity index is 1.64. The smallest absolute Gasteiger partial charge is 0.251 e. The molecule has 0 spiro atoms. The van der Waals surface area contributed by atoms with E-state index in [4.69, 9.17) is 0 Å². The minimum atomic E-state index is -3.70. The molecule has 1 N–H and O–H groups in total. The van der Waals surface area contributed by atoms with Gasteiger partial charge in [-0.3, -0.25) is 9.59 Å². The molecule has 0 radical (unpaired) electrons. The lowest BCUT2D eigenvalue weighted by Crippen LogP contribution is -2.49. The van der Waals surface area contributed by atoms with Gasteiger partial charge in [0, 0.05) is 50.8 Å². The average Bonchev–Trinajstić information content (AvgIpc) is 2.73. The maximum Gasteiger partial charge on any atom is 0.251 e. The number of piperazine rings is 1. The topological polar surface area (TPSA) is 86.8 Å². The second-order valence-corrected chi connectivity index (χ2v) is 8.65. The molecule has 9 heteroatoms. The molecular weight excluding hydrogens is 397 g/mol. The van der Waals surface area contributed by atoms with Crippen LogP contribution in [0.5, 0.6) is 0 Å². The van der Waals surface area contributed by atoms with Crippen molar-refractivity contribution < 1.29 is 22.4 Å². The predicted octanol–water partition coefficient (Wildman–Crippen LogP) is 1.61. The van der Waals surface area contributed by atoms with E-state index in [0.29, 0.717) is 18.7 Å². The van der Waals surface area contributed by atoms with Crippen molar-refractivity contribution in [1.29, 1.82) is 0 Å². The molecule has 3 rings (SSSR count).